The molecular weight excluding hydrogens is 242 g/mol. The van der Waals surface area contributed by atoms with E-state index in [-0.39, 0.29) is 0 Å². The molecule has 20 heavy (non-hydrogen) atoms. The number of hydrogen-bond donors (Lipinski definition) is 1. The lowest BCUT2D eigenvalue weighted by Crippen LogP contribution is -2.29. The molecule has 1 saturated carbocycles. The van der Waals surface area contributed by atoms with Crippen LogP contribution in [0.3, 0.4) is 0 Å². The van der Waals surface area contributed by atoms with Gasteiger partial charge < -0.3 is 5.32 Å². The van der Waals surface area contributed by atoms with Gasteiger partial charge in [-0.3, -0.25) is 0 Å². The maximum absolute atomic E-state index is 3.36. The molecule has 0 aliphatic heterocycles. The Morgan fingerprint density at radius 2 is 1.80 bits per heavy atom. The molecule has 1 fully saturated rings. The van der Waals surface area contributed by atoms with Gasteiger partial charge in [-0.05, 0) is 76.1 Å². The van der Waals surface area contributed by atoms with E-state index >= 15 is 0 Å². The van der Waals surface area contributed by atoms with Crippen molar-refractivity contribution in [3.8, 4) is 0 Å². The van der Waals surface area contributed by atoms with E-state index in [2.05, 4.69) is 44.4 Å². The third kappa shape index (κ3) is 4.09. The molecule has 0 radical (unpaired) electrons. The molecular formula is C19H31N. The standard InChI is InChI=1S/C19H31N/c1-16-7-8-18(17(2)15-16)9-12-19(13-14-20-3)10-5-4-6-11-19/h7-8,15,20H,4-6,9-14H2,1-3H3. The average molecular weight is 273 g/mol. The number of benzene rings is 1. The molecule has 0 spiro atoms. The quantitative estimate of drug-likeness (QED) is 0.785. The van der Waals surface area contributed by atoms with Crippen molar-refractivity contribution in [2.75, 3.05) is 13.6 Å². The van der Waals surface area contributed by atoms with Gasteiger partial charge in [0, 0.05) is 0 Å². The molecule has 112 valence electrons. The summed E-state index contributed by atoms with van der Waals surface area (Å²) < 4.78 is 0. The first-order chi connectivity index (χ1) is 9.65. The zero-order chi connectivity index (χ0) is 14.4. The Kier molecular flexibility index (Phi) is 5.65. The van der Waals surface area contributed by atoms with Crippen molar-refractivity contribution in [3.05, 3.63) is 34.9 Å². The minimum absolute atomic E-state index is 0.610. The zero-order valence-corrected chi connectivity index (χ0v) is 13.6. The van der Waals surface area contributed by atoms with E-state index in [4.69, 9.17) is 0 Å². The highest BCUT2D eigenvalue weighted by atomic mass is 14.8. The van der Waals surface area contributed by atoms with Crippen LogP contribution in [0.4, 0.5) is 0 Å². The normalized spacial score (nSPS) is 18.1. The first kappa shape index (κ1) is 15.6. The summed E-state index contributed by atoms with van der Waals surface area (Å²) in [5.41, 5.74) is 5.03. The molecule has 0 atom stereocenters. The molecule has 0 bridgehead atoms. The predicted octanol–water partition coefficient (Wildman–Crippen LogP) is 4.80. The largest absolute Gasteiger partial charge is 0.320 e. The van der Waals surface area contributed by atoms with Crippen LogP contribution in [-0.2, 0) is 6.42 Å². The zero-order valence-electron chi connectivity index (χ0n) is 13.6. The average Bonchev–Trinajstić information content (AvgIpc) is 2.45. The summed E-state index contributed by atoms with van der Waals surface area (Å²) in [6, 6.07) is 6.94. The maximum atomic E-state index is 3.36. The van der Waals surface area contributed by atoms with E-state index in [0.29, 0.717) is 5.41 Å². The second-order valence-corrected chi connectivity index (χ2v) is 6.84. The summed E-state index contributed by atoms with van der Waals surface area (Å²) >= 11 is 0. The Hall–Kier alpha value is -0.820. The van der Waals surface area contributed by atoms with Gasteiger partial charge in [-0.15, -0.1) is 0 Å². The van der Waals surface area contributed by atoms with Crippen molar-refractivity contribution in [3.63, 3.8) is 0 Å². The second kappa shape index (κ2) is 7.26. The van der Waals surface area contributed by atoms with Crippen LogP contribution < -0.4 is 5.32 Å². The fourth-order valence-corrected chi connectivity index (χ4v) is 3.84. The van der Waals surface area contributed by atoms with Gasteiger partial charge in [0.25, 0.3) is 0 Å². The third-order valence-corrected chi connectivity index (χ3v) is 5.24. The minimum Gasteiger partial charge on any atom is -0.320 e. The monoisotopic (exact) mass is 273 g/mol. The highest BCUT2D eigenvalue weighted by Crippen LogP contribution is 2.43. The van der Waals surface area contributed by atoms with Crippen LogP contribution in [-0.4, -0.2) is 13.6 Å². The molecule has 1 aliphatic rings. The summed E-state index contributed by atoms with van der Waals surface area (Å²) in [4.78, 5) is 0. The SMILES string of the molecule is CNCCC1(CCc2ccc(C)cc2C)CCCCC1. The van der Waals surface area contributed by atoms with E-state index in [1.165, 1.54) is 69.0 Å². The molecule has 1 aliphatic carbocycles. The third-order valence-electron chi connectivity index (χ3n) is 5.24. The van der Waals surface area contributed by atoms with Crippen LogP contribution in [0.2, 0.25) is 0 Å². The van der Waals surface area contributed by atoms with Gasteiger partial charge in [-0.25, -0.2) is 0 Å². The molecule has 0 saturated heterocycles. The smallest absolute Gasteiger partial charge is 0.00466 e. The Labute approximate surface area is 125 Å². The van der Waals surface area contributed by atoms with Gasteiger partial charge in [0.1, 0.15) is 0 Å². The molecule has 0 amide bonds. The fraction of sp³-hybridized carbons (Fsp3) is 0.684. The van der Waals surface area contributed by atoms with Crippen LogP contribution >= 0.6 is 0 Å². The summed E-state index contributed by atoms with van der Waals surface area (Å²) in [5.74, 6) is 0. The summed E-state index contributed by atoms with van der Waals surface area (Å²) in [7, 11) is 2.08. The lowest BCUT2D eigenvalue weighted by atomic mass is 9.68. The second-order valence-electron chi connectivity index (χ2n) is 6.84. The van der Waals surface area contributed by atoms with E-state index in [1.54, 1.807) is 5.56 Å². The highest BCUT2D eigenvalue weighted by molar-refractivity contribution is 5.30. The van der Waals surface area contributed by atoms with Crippen molar-refractivity contribution >= 4 is 0 Å². The van der Waals surface area contributed by atoms with Gasteiger partial charge >= 0.3 is 0 Å². The summed E-state index contributed by atoms with van der Waals surface area (Å²) in [6.07, 6.45) is 11.2. The number of nitrogens with one attached hydrogen (secondary N) is 1. The van der Waals surface area contributed by atoms with Crippen LogP contribution in [0, 0.1) is 19.3 Å². The van der Waals surface area contributed by atoms with Gasteiger partial charge in [0.2, 0.25) is 0 Å². The highest BCUT2D eigenvalue weighted by Gasteiger charge is 2.30. The summed E-state index contributed by atoms with van der Waals surface area (Å²) in [6.45, 7) is 5.63. The van der Waals surface area contributed by atoms with E-state index in [1.807, 2.05) is 0 Å². The van der Waals surface area contributed by atoms with Crippen molar-refractivity contribution in [2.45, 2.75) is 65.2 Å². The first-order valence-corrected chi connectivity index (χ1v) is 8.36. The first-order valence-electron chi connectivity index (χ1n) is 8.36. The van der Waals surface area contributed by atoms with Crippen LogP contribution in [0.1, 0.15) is 61.6 Å². The molecule has 1 heteroatoms. The Morgan fingerprint density at radius 1 is 1.05 bits per heavy atom. The fourth-order valence-electron chi connectivity index (χ4n) is 3.84. The lowest BCUT2D eigenvalue weighted by molar-refractivity contribution is 0.157. The summed E-state index contributed by atoms with van der Waals surface area (Å²) in [5, 5.41) is 3.36. The molecule has 2 rings (SSSR count). The Morgan fingerprint density at radius 3 is 2.45 bits per heavy atom. The van der Waals surface area contributed by atoms with Crippen molar-refractivity contribution in [1.82, 2.24) is 5.32 Å². The van der Waals surface area contributed by atoms with Crippen LogP contribution in [0.15, 0.2) is 18.2 Å². The van der Waals surface area contributed by atoms with Crippen molar-refractivity contribution in [1.29, 1.82) is 0 Å². The lowest BCUT2D eigenvalue weighted by Gasteiger charge is -2.38. The van der Waals surface area contributed by atoms with Gasteiger partial charge in [-0.2, -0.15) is 0 Å². The van der Waals surface area contributed by atoms with E-state index in [9.17, 15) is 0 Å². The Bertz CT molecular complexity index is 416. The number of aryl methyl sites for hydroxylation is 3. The van der Waals surface area contributed by atoms with Gasteiger partial charge in [0.05, 0.1) is 0 Å². The van der Waals surface area contributed by atoms with Gasteiger partial charge in [-0.1, -0.05) is 43.0 Å². The van der Waals surface area contributed by atoms with Crippen LogP contribution in [0.25, 0.3) is 0 Å². The predicted molar refractivity (Wildman–Crippen MR) is 88.3 cm³/mol. The maximum Gasteiger partial charge on any atom is -0.00466 e. The topological polar surface area (TPSA) is 12.0 Å². The number of hydrogen-bond acceptors (Lipinski definition) is 1. The molecule has 1 N–H and O–H groups in total. The molecule has 0 aromatic heterocycles. The van der Waals surface area contributed by atoms with E-state index in [0.717, 1.165) is 0 Å². The van der Waals surface area contributed by atoms with Crippen molar-refractivity contribution in [2.24, 2.45) is 5.41 Å². The van der Waals surface area contributed by atoms with Gasteiger partial charge in [0.15, 0.2) is 0 Å². The van der Waals surface area contributed by atoms with Crippen LogP contribution in [0.5, 0.6) is 0 Å². The molecule has 1 aromatic rings. The minimum atomic E-state index is 0.610. The number of rotatable bonds is 6. The Balaban J connectivity index is 2.00. The van der Waals surface area contributed by atoms with E-state index < -0.39 is 0 Å². The van der Waals surface area contributed by atoms with Crippen molar-refractivity contribution < 1.29 is 0 Å². The molecule has 0 unspecified atom stereocenters. The molecule has 1 nitrogen and oxygen atoms in total. The molecule has 0 heterocycles. The molecule has 1 aromatic carbocycles.